The van der Waals surface area contributed by atoms with Crippen molar-refractivity contribution in [1.82, 2.24) is 0 Å². The van der Waals surface area contributed by atoms with Crippen molar-refractivity contribution in [3.63, 3.8) is 0 Å². The molecule has 0 atom stereocenters. The van der Waals surface area contributed by atoms with Crippen LogP contribution >= 0.6 is 0 Å². The van der Waals surface area contributed by atoms with Crippen LogP contribution in [0.5, 0.6) is 0 Å². The fourth-order valence-corrected chi connectivity index (χ4v) is 1.06. The number of unbranched alkanes of at least 4 members (excludes halogenated alkanes) is 1. The molecule has 1 saturated carbocycles. The van der Waals surface area contributed by atoms with Crippen LogP contribution in [0.3, 0.4) is 0 Å². The van der Waals surface area contributed by atoms with Crippen molar-refractivity contribution < 1.29 is 18.9 Å². The molecule has 11 heavy (non-hydrogen) atoms. The summed E-state index contributed by atoms with van der Waals surface area (Å²) in [7, 11) is 0. The van der Waals surface area contributed by atoms with Gasteiger partial charge in [-0.25, -0.2) is 0 Å². The summed E-state index contributed by atoms with van der Waals surface area (Å²) in [6.45, 7) is 5.72. The van der Waals surface area contributed by atoms with Crippen molar-refractivity contribution in [3.05, 3.63) is 6.92 Å². The number of hydrogen-bond donors (Lipinski definition) is 0. The first-order chi connectivity index (χ1) is 4.91. The van der Waals surface area contributed by atoms with Crippen LogP contribution in [-0.4, -0.2) is 0 Å². The van der Waals surface area contributed by atoms with E-state index in [-0.39, 0.29) is 18.9 Å². The van der Waals surface area contributed by atoms with Crippen LogP contribution in [0.25, 0.3) is 0 Å². The van der Waals surface area contributed by atoms with Crippen LogP contribution in [0.15, 0.2) is 0 Å². The van der Waals surface area contributed by atoms with Crippen LogP contribution in [0.2, 0.25) is 0 Å². The van der Waals surface area contributed by atoms with Gasteiger partial charge in [-0.1, -0.05) is 51.9 Å². The minimum absolute atomic E-state index is 0. The molecule has 62 valence electrons. The predicted molar refractivity (Wildman–Crippen MR) is 48.0 cm³/mol. The Kier molecular flexibility index (Phi) is 17.0. The Bertz CT molecular complexity index is 35.3. The molecule has 0 bridgehead atoms. The van der Waals surface area contributed by atoms with E-state index in [1.807, 2.05) is 0 Å². The fourth-order valence-electron chi connectivity index (χ4n) is 1.06. The predicted octanol–water partition coefficient (Wildman–Crippen LogP) is 0.965. The first-order valence-corrected chi connectivity index (χ1v) is 4.71. The van der Waals surface area contributed by atoms with Gasteiger partial charge in [0.05, 0.1) is 0 Å². The van der Waals surface area contributed by atoms with E-state index in [4.69, 9.17) is 0 Å². The molecular weight excluding hydrogens is 127 g/mol. The van der Waals surface area contributed by atoms with Gasteiger partial charge < -0.3 is 6.92 Å². The van der Waals surface area contributed by atoms with Crippen LogP contribution in [-0.2, 0) is 0 Å². The van der Waals surface area contributed by atoms with Crippen LogP contribution < -0.4 is 18.9 Å². The minimum atomic E-state index is 0. The molecule has 0 aromatic heterocycles. The summed E-state index contributed by atoms with van der Waals surface area (Å²) in [5.41, 5.74) is 0. The van der Waals surface area contributed by atoms with E-state index in [2.05, 4.69) is 13.8 Å². The summed E-state index contributed by atoms with van der Waals surface area (Å²) in [5, 5.41) is 0. The van der Waals surface area contributed by atoms with Gasteiger partial charge in [0.1, 0.15) is 0 Å². The Labute approximate surface area is 84.3 Å². The molecule has 0 amide bonds. The molecular formula is C10H21Li. The van der Waals surface area contributed by atoms with Crippen molar-refractivity contribution in [2.24, 2.45) is 0 Å². The molecule has 0 nitrogen and oxygen atoms in total. The average Bonchev–Trinajstić information content (AvgIpc) is 2.08. The van der Waals surface area contributed by atoms with Gasteiger partial charge in [0.2, 0.25) is 0 Å². The van der Waals surface area contributed by atoms with Gasteiger partial charge in [-0.2, -0.15) is 6.42 Å². The largest absolute Gasteiger partial charge is 1.00 e. The van der Waals surface area contributed by atoms with Gasteiger partial charge in [-0.3, -0.25) is 0 Å². The molecule has 0 N–H and O–H groups in total. The normalized spacial score (nSPS) is 15.8. The maximum atomic E-state index is 3.60. The van der Waals surface area contributed by atoms with Gasteiger partial charge in [-0.15, -0.1) is 0 Å². The third kappa shape index (κ3) is 13.6. The van der Waals surface area contributed by atoms with E-state index in [0.717, 1.165) is 6.42 Å². The SMILES string of the molecule is C1CCCCC1.[CH2-]CCC.[Li+]. The average molecular weight is 148 g/mol. The topological polar surface area (TPSA) is 0 Å². The second-order valence-corrected chi connectivity index (χ2v) is 2.97. The second kappa shape index (κ2) is 13.2. The number of rotatable bonds is 1. The van der Waals surface area contributed by atoms with Crippen LogP contribution in [0.1, 0.15) is 58.3 Å². The minimum Gasteiger partial charge on any atom is -0.343 e. The van der Waals surface area contributed by atoms with Crippen molar-refractivity contribution >= 4 is 0 Å². The smallest absolute Gasteiger partial charge is 0.343 e. The summed E-state index contributed by atoms with van der Waals surface area (Å²) in [5.74, 6) is 0. The van der Waals surface area contributed by atoms with Crippen molar-refractivity contribution in [2.75, 3.05) is 0 Å². The first-order valence-electron chi connectivity index (χ1n) is 4.71. The zero-order chi connectivity index (χ0) is 7.66. The van der Waals surface area contributed by atoms with Crippen LogP contribution in [0.4, 0.5) is 0 Å². The Morgan fingerprint density at radius 2 is 1.09 bits per heavy atom. The quantitative estimate of drug-likeness (QED) is 0.384. The van der Waals surface area contributed by atoms with E-state index < -0.39 is 0 Å². The third-order valence-electron chi connectivity index (χ3n) is 1.85. The molecule has 0 aromatic rings. The Balaban J connectivity index is 0. The fraction of sp³-hybridized carbons (Fsp3) is 0.900. The summed E-state index contributed by atoms with van der Waals surface area (Å²) in [6, 6.07) is 0. The van der Waals surface area contributed by atoms with Gasteiger partial charge in [0.25, 0.3) is 0 Å². The molecule has 0 heterocycles. The van der Waals surface area contributed by atoms with Crippen molar-refractivity contribution in [1.29, 1.82) is 0 Å². The monoisotopic (exact) mass is 148 g/mol. The van der Waals surface area contributed by atoms with E-state index in [0.29, 0.717) is 0 Å². The summed E-state index contributed by atoms with van der Waals surface area (Å²) < 4.78 is 0. The molecule has 0 spiro atoms. The summed E-state index contributed by atoms with van der Waals surface area (Å²) >= 11 is 0. The third-order valence-corrected chi connectivity index (χ3v) is 1.85. The molecule has 1 aliphatic carbocycles. The molecule has 0 unspecified atom stereocenters. The molecule has 0 aromatic carbocycles. The summed E-state index contributed by atoms with van der Waals surface area (Å²) in [4.78, 5) is 0. The maximum absolute atomic E-state index is 3.60. The molecule has 1 fully saturated rings. The molecule has 1 rings (SSSR count). The Hall–Kier alpha value is 0.597. The summed E-state index contributed by atoms with van der Waals surface area (Å²) in [6.07, 6.45) is 11.3. The van der Waals surface area contributed by atoms with Gasteiger partial charge >= 0.3 is 18.9 Å². The molecule has 0 aliphatic heterocycles. The van der Waals surface area contributed by atoms with Gasteiger partial charge in [-0.05, 0) is 0 Å². The van der Waals surface area contributed by atoms with E-state index in [1.165, 1.54) is 44.9 Å². The van der Waals surface area contributed by atoms with Gasteiger partial charge in [0, 0.05) is 0 Å². The van der Waals surface area contributed by atoms with E-state index >= 15 is 0 Å². The first kappa shape index (κ1) is 14.1. The molecule has 0 radical (unpaired) electrons. The zero-order valence-electron chi connectivity index (χ0n) is 8.36. The molecule has 1 aliphatic rings. The molecule has 0 saturated heterocycles. The van der Waals surface area contributed by atoms with Crippen molar-refractivity contribution in [2.45, 2.75) is 58.3 Å². The molecule has 1 heteroatoms. The Morgan fingerprint density at radius 3 is 1.18 bits per heavy atom. The van der Waals surface area contributed by atoms with E-state index in [1.54, 1.807) is 0 Å². The van der Waals surface area contributed by atoms with Crippen molar-refractivity contribution in [3.8, 4) is 0 Å². The van der Waals surface area contributed by atoms with E-state index in [9.17, 15) is 0 Å². The maximum Gasteiger partial charge on any atom is 1.00 e. The zero-order valence-corrected chi connectivity index (χ0v) is 8.36. The Morgan fingerprint density at radius 1 is 0.909 bits per heavy atom. The van der Waals surface area contributed by atoms with Gasteiger partial charge in [0.15, 0.2) is 0 Å². The standard InChI is InChI=1S/C6H12.C4H9.Li/c1-2-4-6-5-3-1;1-3-4-2;/h1-6H2;1,3-4H2,2H3;/q;-1;+1. The second-order valence-electron chi connectivity index (χ2n) is 2.97. The number of hydrogen-bond acceptors (Lipinski definition) is 0. The van der Waals surface area contributed by atoms with Crippen LogP contribution in [0, 0.1) is 6.92 Å².